The maximum Gasteiger partial charge on any atom is 0.408 e. The van der Waals surface area contributed by atoms with Crippen LogP contribution in [0.2, 0.25) is 0 Å². The highest BCUT2D eigenvalue weighted by atomic mass is 19.1. The highest BCUT2D eigenvalue weighted by Crippen LogP contribution is 2.10. The van der Waals surface area contributed by atoms with Crippen LogP contribution >= 0.6 is 0 Å². The smallest absolute Gasteiger partial charge is 0.408 e. The lowest BCUT2D eigenvalue weighted by Crippen LogP contribution is -2.46. The molecule has 7 nitrogen and oxygen atoms in total. The second kappa shape index (κ2) is 7.66. The molecule has 20 heavy (non-hydrogen) atoms. The van der Waals surface area contributed by atoms with Gasteiger partial charge in [0.05, 0.1) is 14.2 Å². The topological polar surface area (TPSA) is 90.9 Å². The molecule has 8 heteroatoms. The fraction of sp³-hybridized carbons (Fsp3) is 0.750. The number of alkyl halides is 1. The maximum atomic E-state index is 13.5. The minimum atomic E-state index is -2.06. The molecule has 0 bridgehead atoms. The van der Waals surface area contributed by atoms with Crippen molar-refractivity contribution in [3.63, 3.8) is 0 Å². The summed E-state index contributed by atoms with van der Waals surface area (Å²) in [5.74, 6) is -2.02. The van der Waals surface area contributed by atoms with Gasteiger partial charge >= 0.3 is 18.0 Å². The number of rotatable bonds is 5. The van der Waals surface area contributed by atoms with Gasteiger partial charge < -0.3 is 19.5 Å². The molecule has 0 saturated carbocycles. The summed E-state index contributed by atoms with van der Waals surface area (Å²) >= 11 is 0. The standard InChI is InChI=1S/C12H20FNO6/c1-12(2,3)20-11(17)14-8(10(16)19-5)6-7(13)9(15)18-4/h7-8H,6H2,1-5H3,(H,14,17)/t7-,8-/m0/s1. The van der Waals surface area contributed by atoms with Crippen LogP contribution in [0.5, 0.6) is 0 Å². The van der Waals surface area contributed by atoms with E-state index < -0.39 is 42.3 Å². The average molecular weight is 293 g/mol. The van der Waals surface area contributed by atoms with E-state index in [9.17, 15) is 18.8 Å². The Bertz CT molecular complexity index is 365. The zero-order valence-electron chi connectivity index (χ0n) is 12.2. The number of nitrogens with one attached hydrogen (secondary N) is 1. The molecule has 1 N–H and O–H groups in total. The van der Waals surface area contributed by atoms with Gasteiger partial charge in [0.1, 0.15) is 11.6 Å². The number of methoxy groups -OCH3 is 2. The predicted octanol–water partition coefficient (Wildman–Crippen LogP) is 0.954. The Labute approximate surface area is 116 Å². The van der Waals surface area contributed by atoms with Crippen molar-refractivity contribution in [1.82, 2.24) is 5.32 Å². The third-order valence-electron chi connectivity index (χ3n) is 2.08. The van der Waals surface area contributed by atoms with Gasteiger partial charge in [0.15, 0.2) is 6.17 Å². The molecule has 2 atom stereocenters. The molecule has 0 aliphatic rings. The molecule has 0 spiro atoms. The van der Waals surface area contributed by atoms with Crippen molar-refractivity contribution in [3.05, 3.63) is 0 Å². The van der Waals surface area contributed by atoms with E-state index in [0.717, 1.165) is 14.2 Å². The Morgan fingerprint density at radius 2 is 1.60 bits per heavy atom. The largest absolute Gasteiger partial charge is 0.467 e. The average Bonchev–Trinajstić information content (AvgIpc) is 2.33. The van der Waals surface area contributed by atoms with E-state index >= 15 is 0 Å². The van der Waals surface area contributed by atoms with Gasteiger partial charge in [-0.05, 0) is 20.8 Å². The Morgan fingerprint density at radius 1 is 1.10 bits per heavy atom. The molecule has 0 fully saturated rings. The van der Waals surface area contributed by atoms with E-state index in [-0.39, 0.29) is 0 Å². The summed E-state index contributed by atoms with van der Waals surface area (Å²) in [5.41, 5.74) is -0.776. The van der Waals surface area contributed by atoms with Crippen LogP contribution in [0.3, 0.4) is 0 Å². The molecule has 0 aliphatic carbocycles. The van der Waals surface area contributed by atoms with Crippen LogP contribution in [0.15, 0.2) is 0 Å². The van der Waals surface area contributed by atoms with Crippen LogP contribution in [0.25, 0.3) is 0 Å². The van der Waals surface area contributed by atoms with Crippen molar-refractivity contribution >= 4 is 18.0 Å². The summed E-state index contributed by atoms with van der Waals surface area (Å²) in [6, 6.07) is -1.34. The van der Waals surface area contributed by atoms with Crippen molar-refractivity contribution in [2.45, 2.75) is 45.0 Å². The highest BCUT2D eigenvalue weighted by Gasteiger charge is 2.31. The highest BCUT2D eigenvalue weighted by molar-refractivity contribution is 5.83. The molecular formula is C12H20FNO6. The summed E-state index contributed by atoms with van der Waals surface area (Å²) in [5, 5.41) is 2.15. The zero-order valence-corrected chi connectivity index (χ0v) is 12.2. The predicted molar refractivity (Wildman–Crippen MR) is 66.7 cm³/mol. The first-order valence-electron chi connectivity index (χ1n) is 5.90. The number of hydrogen-bond donors (Lipinski definition) is 1. The van der Waals surface area contributed by atoms with E-state index in [2.05, 4.69) is 14.8 Å². The summed E-state index contributed by atoms with van der Waals surface area (Å²) in [4.78, 5) is 34.0. The number of ether oxygens (including phenoxy) is 3. The number of carbonyl (C=O) groups excluding carboxylic acids is 3. The van der Waals surface area contributed by atoms with Crippen LogP contribution in [0, 0.1) is 0 Å². The summed E-state index contributed by atoms with van der Waals surface area (Å²) < 4.78 is 27.0. The number of amides is 1. The number of esters is 2. The maximum absolute atomic E-state index is 13.5. The van der Waals surface area contributed by atoms with Crippen LogP contribution < -0.4 is 5.32 Å². The van der Waals surface area contributed by atoms with Gasteiger partial charge in [-0.25, -0.2) is 18.8 Å². The first-order chi connectivity index (χ1) is 9.10. The molecule has 0 rings (SSSR count). The Hall–Kier alpha value is -1.86. The molecule has 0 saturated heterocycles. The molecule has 1 amide bonds. The third kappa shape index (κ3) is 6.91. The van der Waals surface area contributed by atoms with Gasteiger partial charge in [0.25, 0.3) is 0 Å². The molecule has 0 aromatic rings. The van der Waals surface area contributed by atoms with Crippen LogP contribution in [0.4, 0.5) is 9.18 Å². The summed E-state index contributed by atoms with van der Waals surface area (Å²) in [6.45, 7) is 4.89. The fourth-order valence-corrected chi connectivity index (χ4v) is 1.24. The molecule has 0 aromatic carbocycles. The summed E-state index contributed by atoms with van der Waals surface area (Å²) in [7, 11) is 2.10. The lowest BCUT2D eigenvalue weighted by atomic mass is 10.1. The van der Waals surface area contributed by atoms with Crippen molar-refractivity contribution in [2.24, 2.45) is 0 Å². The van der Waals surface area contributed by atoms with E-state index in [0.29, 0.717) is 0 Å². The summed E-state index contributed by atoms with van der Waals surface area (Å²) in [6.07, 6.45) is -3.57. The molecule has 0 aliphatic heterocycles. The van der Waals surface area contributed by atoms with Gasteiger partial charge in [-0.15, -0.1) is 0 Å². The monoisotopic (exact) mass is 293 g/mol. The number of carbonyl (C=O) groups is 3. The molecule has 0 unspecified atom stereocenters. The van der Waals surface area contributed by atoms with Crippen molar-refractivity contribution in [3.8, 4) is 0 Å². The quantitative estimate of drug-likeness (QED) is 0.599. The van der Waals surface area contributed by atoms with Crippen LogP contribution in [0.1, 0.15) is 27.2 Å². The van der Waals surface area contributed by atoms with E-state index in [1.807, 2.05) is 0 Å². The van der Waals surface area contributed by atoms with Gasteiger partial charge in [-0.3, -0.25) is 0 Å². The van der Waals surface area contributed by atoms with Crippen molar-refractivity contribution in [2.75, 3.05) is 14.2 Å². The molecular weight excluding hydrogens is 273 g/mol. The van der Waals surface area contributed by atoms with Crippen LogP contribution in [-0.2, 0) is 23.8 Å². The lowest BCUT2D eigenvalue weighted by molar-refractivity contribution is -0.149. The minimum absolute atomic E-state index is 0.599. The lowest BCUT2D eigenvalue weighted by Gasteiger charge is -2.22. The SMILES string of the molecule is COC(=O)[C@H](C[C@H](F)C(=O)OC)NC(=O)OC(C)(C)C. The first kappa shape index (κ1) is 18.1. The first-order valence-corrected chi connectivity index (χ1v) is 5.90. The Balaban J connectivity index is 4.70. The van der Waals surface area contributed by atoms with E-state index in [4.69, 9.17) is 4.74 Å². The Kier molecular flexibility index (Phi) is 6.95. The van der Waals surface area contributed by atoms with E-state index in [1.165, 1.54) is 0 Å². The minimum Gasteiger partial charge on any atom is -0.467 e. The van der Waals surface area contributed by atoms with Gasteiger partial charge in [0.2, 0.25) is 0 Å². The van der Waals surface area contributed by atoms with Crippen LogP contribution in [-0.4, -0.2) is 50.1 Å². The normalized spacial score (nSPS) is 13.9. The van der Waals surface area contributed by atoms with Crippen molar-refractivity contribution < 1.29 is 33.0 Å². The third-order valence-corrected chi connectivity index (χ3v) is 2.08. The number of hydrogen-bond acceptors (Lipinski definition) is 6. The molecule has 0 heterocycles. The van der Waals surface area contributed by atoms with Crippen molar-refractivity contribution in [1.29, 1.82) is 0 Å². The Morgan fingerprint density at radius 3 is 2.00 bits per heavy atom. The number of halogens is 1. The fourth-order valence-electron chi connectivity index (χ4n) is 1.24. The number of alkyl carbamates (subject to hydrolysis) is 1. The molecule has 116 valence electrons. The van der Waals surface area contributed by atoms with E-state index in [1.54, 1.807) is 20.8 Å². The second-order valence-electron chi connectivity index (χ2n) is 4.95. The molecule has 0 aromatic heterocycles. The second-order valence-corrected chi connectivity index (χ2v) is 4.95. The van der Waals surface area contributed by atoms with Gasteiger partial charge in [0, 0.05) is 6.42 Å². The van der Waals surface area contributed by atoms with Gasteiger partial charge in [-0.2, -0.15) is 0 Å². The van der Waals surface area contributed by atoms with Gasteiger partial charge in [-0.1, -0.05) is 0 Å². The zero-order chi connectivity index (χ0) is 15.9. The molecule has 0 radical (unpaired) electrons.